The zero-order valence-corrected chi connectivity index (χ0v) is 14.4. The van der Waals surface area contributed by atoms with Crippen LogP contribution in [0.15, 0.2) is 4.90 Å². The number of rotatable bonds is 6. The van der Waals surface area contributed by atoms with Crippen LogP contribution in [-0.4, -0.2) is 62.3 Å². The van der Waals surface area contributed by atoms with Gasteiger partial charge in [-0.3, -0.25) is 0 Å². The molecule has 0 amide bonds. The second-order valence-corrected chi connectivity index (χ2v) is 8.44. The number of nitrogens with zero attached hydrogens (tertiary/aromatic N) is 3. The Morgan fingerprint density at radius 1 is 1.30 bits per heavy atom. The fourth-order valence-corrected chi connectivity index (χ4v) is 3.37. The van der Waals surface area contributed by atoms with Gasteiger partial charge in [0.15, 0.2) is 10.7 Å². The number of anilines is 2. The molecule has 0 unspecified atom stereocenters. The molecule has 0 bridgehead atoms. The maximum Gasteiger partial charge on any atom is 0.249 e. The summed E-state index contributed by atoms with van der Waals surface area (Å²) in [4.78, 5) is 2.12. The number of nitrogens with two attached hydrogens (primary N) is 1. The van der Waals surface area contributed by atoms with Crippen LogP contribution in [0.2, 0.25) is 0 Å². The Balaban J connectivity index is 3.06. The highest BCUT2D eigenvalue weighted by molar-refractivity contribution is 7.89. The lowest BCUT2D eigenvalue weighted by Crippen LogP contribution is -2.44. The molecule has 9 heteroatoms. The minimum Gasteiger partial charge on any atom is -0.382 e. The van der Waals surface area contributed by atoms with E-state index >= 15 is 0 Å². The fourth-order valence-electron chi connectivity index (χ4n) is 1.29. The smallest absolute Gasteiger partial charge is 0.249 e. The Morgan fingerprint density at radius 2 is 1.85 bits per heavy atom. The molecule has 0 spiro atoms. The Morgan fingerprint density at radius 3 is 2.30 bits per heavy atom. The predicted octanol–water partition coefficient (Wildman–Crippen LogP) is 0.728. The molecular formula is C11H23N5O2S2. The van der Waals surface area contributed by atoms with Gasteiger partial charge in [-0.1, -0.05) is 0 Å². The Labute approximate surface area is 125 Å². The first-order valence-electron chi connectivity index (χ1n) is 6.09. The van der Waals surface area contributed by atoms with E-state index in [0.717, 1.165) is 15.8 Å². The molecule has 0 radical (unpaired) electrons. The van der Waals surface area contributed by atoms with Crippen LogP contribution in [0, 0.1) is 0 Å². The molecule has 0 saturated heterocycles. The van der Waals surface area contributed by atoms with Crippen LogP contribution in [0.4, 0.5) is 10.8 Å². The quantitative estimate of drug-likeness (QED) is 0.802. The molecule has 1 aromatic heterocycles. The van der Waals surface area contributed by atoms with E-state index < -0.39 is 10.0 Å². The Bertz CT molecular complexity index is 563. The van der Waals surface area contributed by atoms with Crippen molar-refractivity contribution >= 4 is 32.4 Å². The van der Waals surface area contributed by atoms with Crippen LogP contribution in [-0.2, 0) is 10.0 Å². The van der Waals surface area contributed by atoms with Crippen LogP contribution in [0.25, 0.3) is 0 Å². The summed E-state index contributed by atoms with van der Waals surface area (Å²) in [7, 11) is 3.29. The summed E-state index contributed by atoms with van der Waals surface area (Å²) in [5.74, 6) is 0.0360. The van der Waals surface area contributed by atoms with Gasteiger partial charge in [-0.25, -0.2) is 12.7 Å². The van der Waals surface area contributed by atoms with Crippen LogP contribution >= 0.6 is 11.5 Å². The van der Waals surface area contributed by atoms with E-state index in [1.54, 1.807) is 0 Å². The van der Waals surface area contributed by atoms with Crippen molar-refractivity contribution < 1.29 is 8.42 Å². The average molecular weight is 321 g/mol. The summed E-state index contributed by atoms with van der Waals surface area (Å²) >= 11 is 1.06. The van der Waals surface area contributed by atoms with Crippen molar-refractivity contribution in [3.05, 3.63) is 0 Å². The number of hydrogen-bond donors (Lipinski definition) is 2. The van der Waals surface area contributed by atoms with Crippen LogP contribution in [0.1, 0.15) is 13.8 Å². The topological polar surface area (TPSA) is 91.6 Å². The maximum absolute atomic E-state index is 12.3. The van der Waals surface area contributed by atoms with Gasteiger partial charge in [0.1, 0.15) is 5.00 Å². The molecular weight excluding hydrogens is 298 g/mol. The molecule has 0 aromatic carbocycles. The van der Waals surface area contributed by atoms with Crippen LogP contribution < -0.4 is 11.1 Å². The third-order valence-corrected chi connectivity index (χ3v) is 6.14. The molecule has 1 aromatic rings. The van der Waals surface area contributed by atoms with E-state index in [-0.39, 0.29) is 16.3 Å². The molecule has 0 aliphatic heterocycles. The van der Waals surface area contributed by atoms with Gasteiger partial charge in [-0.05, 0) is 39.5 Å². The molecule has 7 nitrogen and oxygen atoms in total. The largest absolute Gasteiger partial charge is 0.382 e. The Hall–Kier alpha value is -0.900. The highest BCUT2D eigenvalue weighted by Gasteiger charge is 2.29. The summed E-state index contributed by atoms with van der Waals surface area (Å²) in [6.07, 6.45) is 0. The average Bonchev–Trinajstić information content (AvgIpc) is 2.68. The minimum absolute atomic E-state index is 0.0360. The third-order valence-electron chi connectivity index (χ3n) is 3.31. The van der Waals surface area contributed by atoms with Crippen molar-refractivity contribution in [3.8, 4) is 0 Å². The van der Waals surface area contributed by atoms with E-state index in [4.69, 9.17) is 5.73 Å². The molecule has 0 atom stereocenters. The van der Waals surface area contributed by atoms with Gasteiger partial charge in [0.05, 0.1) is 0 Å². The number of aromatic nitrogens is 1. The lowest BCUT2D eigenvalue weighted by atomic mass is 10.0. The molecule has 0 saturated carbocycles. The number of nitrogen functional groups attached to an aromatic ring is 1. The minimum atomic E-state index is -3.60. The zero-order chi connectivity index (χ0) is 15.7. The van der Waals surface area contributed by atoms with Gasteiger partial charge in [-0.2, -0.15) is 4.37 Å². The van der Waals surface area contributed by atoms with Crippen molar-refractivity contribution in [2.45, 2.75) is 24.3 Å². The van der Waals surface area contributed by atoms with E-state index in [0.29, 0.717) is 11.5 Å². The van der Waals surface area contributed by atoms with Crippen molar-refractivity contribution in [2.75, 3.05) is 45.8 Å². The first kappa shape index (κ1) is 17.2. The van der Waals surface area contributed by atoms with Crippen molar-refractivity contribution in [1.82, 2.24) is 13.6 Å². The second kappa shape index (κ2) is 5.84. The molecule has 1 heterocycles. The van der Waals surface area contributed by atoms with Gasteiger partial charge >= 0.3 is 0 Å². The molecule has 20 heavy (non-hydrogen) atoms. The van der Waals surface area contributed by atoms with E-state index in [1.807, 2.05) is 14.1 Å². The number of nitrogens with one attached hydrogen (secondary N) is 1. The van der Waals surface area contributed by atoms with E-state index in [2.05, 4.69) is 28.4 Å². The van der Waals surface area contributed by atoms with Crippen LogP contribution in [0.3, 0.4) is 0 Å². The lowest BCUT2D eigenvalue weighted by molar-refractivity contribution is 0.210. The summed E-state index contributed by atoms with van der Waals surface area (Å²) in [6, 6.07) is 0. The highest BCUT2D eigenvalue weighted by Crippen LogP contribution is 2.33. The molecule has 3 N–H and O–H groups in total. The Kier molecular flexibility index (Phi) is 5.01. The maximum atomic E-state index is 12.3. The van der Waals surface area contributed by atoms with Gasteiger partial charge in [-0.15, -0.1) is 0 Å². The molecule has 0 aliphatic carbocycles. The summed E-state index contributed by atoms with van der Waals surface area (Å²) in [6.45, 7) is 4.70. The third kappa shape index (κ3) is 3.40. The number of sulfonamides is 1. The second-order valence-electron chi connectivity index (χ2n) is 5.57. The van der Waals surface area contributed by atoms with E-state index in [1.165, 1.54) is 14.1 Å². The molecule has 116 valence electrons. The predicted molar refractivity (Wildman–Crippen MR) is 83.7 cm³/mol. The first-order chi connectivity index (χ1) is 9.00. The molecule has 0 aliphatic rings. The summed E-state index contributed by atoms with van der Waals surface area (Å²) < 4.78 is 29.6. The van der Waals surface area contributed by atoms with Gasteiger partial charge in [0.25, 0.3) is 0 Å². The van der Waals surface area contributed by atoms with Crippen molar-refractivity contribution in [1.29, 1.82) is 0 Å². The SMILES string of the molecule is CN(C)C(C)(C)CNc1snc(N)c1S(=O)(=O)N(C)C. The van der Waals surface area contributed by atoms with Gasteiger partial charge in [0, 0.05) is 26.2 Å². The normalized spacial score (nSPS) is 13.2. The van der Waals surface area contributed by atoms with Gasteiger partial charge < -0.3 is 16.0 Å². The van der Waals surface area contributed by atoms with E-state index in [9.17, 15) is 8.42 Å². The zero-order valence-electron chi connectivity index (χ0n) is 12.8. The first-order valence-corrected chi connectivity index (χ1v) is 8.30. The standard InChI is InChI=1S/C11H23N5O2S2/c1-11(2,15(3)4)7-13-10-8(9(12)14-19-10)20(17,18)16(5)6/h13H,7H2,1-6H3,(H2,12,14). The summed E-state index contributed by atoms with van der Waals surface area (Å²) in [5.41, 5.74) is 5.58. The fraction of sp³-hybridized carbons (Fsp3) is 0.727. The molecule has 0 fully saturated rings. The van der Waals surface area contributed by atoms with Crippen molar-refractivity contribution in [2.24, 2.45) is 0 Å². The molecule has 1 rings (SSSR count). The number of hydrogen-bond acceptors (Lipinski definition) is 7. The van der Waals surface area contributed by atoms with Gasteiger partial charge in [0.2, 0.25) is 10.0 Å². The van der Waals surface area contributed by atoms with Crippen LogP contribution in [0.5, 0.6) is 0 Å². The van der Waals surface area contributed by atoms with Crippen molar-refractivity contribution in [3.63, 3.8) is 0 Å². The summed E-state index contributed by atoms with van der Waals surface area (Å²) in [5, 5.41) is 3.62. The monoisotopic (exact) mass is 321 g/mol. The highest BCUT2D eigenvalue weighted by atomic mass is 32.2. The lowest BCUT2D eigenvalue weighted by Gasteiger charge is -2.32. The number of likely N-dealkylation sites (N-methyl/N-ethyl adjacent to an activating group) is 1.